The first-order valence-corrected chi connectivity index (χ1v) is 15.4. The molecule has 0 radical (unpaired) electrons. The summed E-state index contributed by atoms with van der Waals surface area (Å²) in [6.45, 7) is 0. The second kappa shape index (κ2) is 9.62. The van der Waals surface area contributed by atoms with Gasteiger partial charge < -0.3 is 8.83 Å². The summed E-state index contributed by atoms with van der Waals surface area (Å²) in [5, 5.41) is 7.75. The van der Waals surface area contributed by atoms with Crippen molar-refractivity contribution in [3.8, 4) is 33.8 Å². The summed E-state index contributed by atoms with van der Waals surface area (Å²) in [5.41, 5.74) is 9.54. The predicted molar refractivity (Wildman–Crippen MR) is 188 cm³/mol. The van der Waals surface area contributed by atoms with Crippen molar-refractivity contribution in [2.24, 2.45) is 0 Å². The van der Waals surface area contributed by atoms with Gasteiger partial charge in [0.15, 0.2) is 5.82 Å². The van der Waals surface area contributed by atoms with Crippen molar-refractivity contribution in [1.82, 2.24) is 9.97 Å². The molecule has 0 atom stereocenters. The fourth-order valence-corrected chi connectivity index (χ4v) is 6.89. The van der Waals surface area contributed by atoms with Crippen LogP contribution in [0.5, 0.6) is 0 Å². The molecule has 214 valence electrons. The lowest BCUT2D eigenvalue weighted by molar-refractivity contribution is 0.669. The van der Waals surface area contributed by atoms with Crippen LogP contribution in [-0.2, 0) is 0 Å². The molecule has 7 aromatic carbocycles. The van der Waals surface area contributed by atoms with Crippen molar-refractivity contribution < 1.29 is 8.83 Å². The molecule has 4 heteroatoms. The average Bonchev–Trinajstić information content (AvgIpc) is 3.69. The summed E-state index contributed by atoms with van der Waals surface area (Å²) >= 11 is 0. The topological polar surface area (TPSA) is 52.1 Å². The smallest absolute Gasteiger partial charge is 0.160 e. The highest BCUT2D eigenvalue weighted by Gasteiger charge is 2.16. The third kappa shape index (κ3) is 3.74. The molecule has 10 rings (SSSR count). The summed E-state index contributed by atoms with van der Waals surface area (Å²) in [4.78, 5) is 10.1. The van der Waals surface area contributed by atoms with Crippen LogP contribution < -0.4 is 0 Å². The van der Waals surface area contributed by atoms with Crippen LogP contribution >= 0.6 is 0 Å². The van der Waals surface area contributed by atoms with Gasteiger partial charge in [0, 0.05) is 43.4 Å². The van der Waals surface area contributed by atoms with Gasteiger partial charge in [-0.2, -0.15) is 0 Å². The first-order valence-electron chi connectivity index (χ1n) is 15.4. The summed E-state index contributed by atoms with van der Waals surface area (Å²) in [6, 6.07) is 50.3. The standard InChI is InChI=1S/C42H24N2O2/c1-4-13-35-34(11-1)40(44-42(43-35)28-21-22-32-30-9-2-5-14-36(30)45-38(32)24-28)27-18-16-25(17-19-27)29-12-7-8-26-20-23-33-31-10-3-6-15-37(31)46-41(33)39(26)29/h1-24H. The van der Waals surface area contributed by atoms with Crippen molar-refractivity contribution >= 4 is 65.6 Å². The highest BCUT2D eigenvalue weighted by Crippen LogP contribution is 2.40. The van der Waals surface area contributed by atoms with E-state index in [0.29, 0.717) is 5.82 Å². The molecule has 0 bridgehead atoms. The van der Waals surface area contributed by atoms with Crippen molar-refractivity contribution in [3.05, 3.63) is 146 Å². The van der Waals surface area contributed by atoms with E-state index in [-0.39, 0.29) is 0 Å². The van der Waals surface area contributed by atoms with E-state index in [1.54, 1.807) is 0 Å². The molecule has 0 aliphatic carbocycles. The average molecular weight is 589 g/mol. The van der Waals surface area contributed by atoms with Crippen LogP contribution in [0.4, 0.5) is 0 Å². The van der Waals surface area contributed by atoms with E-state index in [0.717, 1.165) is 93.5 Å². The second-order valence-corrected chi connectivity index (χ2v) is 11.7. The molecule has 3 heterocycles. The Morgan fingerprint density at radius 1 is 0.413 bits per heavy atom. The highest BCUT2D eigenvalue weighted by molar-refractivity contribution is 6.19. The minimum absolute atomic E-state index is 0.668. The number of rotatable bonds is 3. The van der Waals surface area contributed by atoms with Gasteiger partial charge in [-0.05, 0) is 52.9 Å². The van der Waals surface area contributed by atoms with E-state index in [4.69, 9.17) is 18.8 Å². The number of furan rings is 2. The van der Waals surface area contributed by atoms with Gasteiger partial charge in [0.1, 0.15) is 22.3 Å². The van der Waals surface area contributed by atoms with E-state index in [9.17, 15) is 0 Å². The van der Waals surface area contributed by atoms with Crippen molar-refractivity contribution in [2.75, 3.05) is 0 Å². The van der Waals surface area contributed by atoms with Crippen LogP contribution in [0.1, 0.15) is 0 Å². The quantitative estimate of drug-likeness (QED) is 0.206. The van der Waals surface area contributed by atoms with E-state index in [1.165, 1.54) is 0 Å². The summed E-state index contributed by atoms with van der Waals surface area (Å²) in [5.74, 6) is 0.668. The van der Waals surface area contributed by atoms with E-state index < -0.39 is 0 Å². The third-order valence-corrected chi connectivity index (χ3v) is 9.10. The second-order valence-electron chi connectivity index (χ2n) is 11.7. The molecule has 0 aliphatic heterocycles. The van der Waals surface area contributed by atoms with E-state index in [1.807, 2.05) is 54.6 Å². The maximum absolute atomic E-state index is 6.44. The van der Waals surface area contributed by atoms with Crippen molar-refractivity contribution in [3.63, 3.8) is 0 Å². The molecule has 0 unspecified atom stereocenters. The zero-order valence-corrected chi connectivity index (χ0v) is 24.6. The van der Waals surface area contributed by atoms with Gasteiger partial charge in [-0.25, -0.2) is 9.97 Å². The molecule has 46 heavy (non-hydrogen) atoms. The number of benzene rings is 7. The number of aromatic nitrogens is 2. The molecular weight excluding hydrogens is 564 g/mol. The van der Waals surface area contributed by atoms with Gasteiger partial charge in [0.25, 0.3) is 0 Å². The molecular formula is C42H24N2O2. The van der Waals surface area contributed by atoms with Gasteiger partial charge in [-0.1, -0.05) is 109 Å². The molecule has 0 saturated carbocycles. The van der Waals surface area contributed by atoms with Gasteiger partial charge in [0.2, 0.25) is 0 Å². The van der Waals surface area contributed by atoms with Crippen LogP contribution in [0.15, 0.2) is 154 Å². The zero-order chi connectivity index (χ0) is 30.2. The van der Waals surface area contributed by atoms with Crippen LogP contribution in [-0.4, -0.2) is 9.97 Å². The lowest BCUT2D eigenvalue weighted by Crippen LogP contribution is -1.95. The largest absolute Gasteiger partial charge is 0.456 e. The molecule has 0 saturated heterocycles. The van der Waals surface area contributed by atoms with Gasteiger partial charge in [-0.15, -0.1) is 0 Å². The third-order valence-electron chi connectivity index (χ3n) is 9.10. The Morgan fingerprint density at radius 3 is 1.91 bits per heavy atom. The molecule has 0 amide bonds. The van der Waals surface area contributed by atoms with E-state index >= 15 is 0 Å². The van der Waals surface area contributed by atoms with Crippen LogP contribution in [0.25, 0.3) is 99.3 Å². The molecule has 0 aliphatic rings. The molecule has 3 aromatic heterocycles. The van der Waals surface area contributed by atoms with Crippen LogP contribution in [0, 0.1) is 0 Å². The van der Waals surface area contributed by atoms with Crippen molar-refractivity contribution in [1.29, 1.82) is 0 Å². The molecule has 0 spiro atoms. The number of hydrogen-bond donors (Lipinski definition) is 0. The fourth-order valence-electron chi connectivity index (χ4n) is 6.89. The molecule has 4 nitrogen and oxygen atoms in total. The fraction of sp³-hybridized carbons (Fsp3) is 0. The van der Waals surface area contributed by atoms with Gasteiger partial charge >= 0.3 is 0 Å². The summed E-state index contributed by atoms with van der Waals surface area (Å²) < 4.78 is 12.6. The Bertz CT molecular complexity index is 2810. The van der Waals surface area contributed by atoms with E-state index in [2.05, 4.69) is 91.0 Å². The Morgan fingerprint density at radius 2 is 1.07 bits per heavy atom. The molecule has 10 aromatic rings. The Balaban J connectivity index is 1.11. The summed E-state index contributed by atoms with van der Waals surface area (Å²) in [6.07, 6.45) is 0. The molecule has 0 N–H and O–H groups in total. The number of para-hydroxylation sites is 3. The predicted octanol–water partition coefficient (Wildman–Crippen LogP) is 11.6. The monoisotopic (exact) mass is 588 g/mol. The van der Waals surface area contributed by atoms with Crippen LogP contribution in [0.2, 0.25) is 0 Å². The first-order chi connectivity index (χ1) is 22.8. The number of hydrogen-bond acceptors (Lipinski definition) is 4. The van der Waals surface area contributed by atoms with Gasteiger partial charge in [0.05, 0.1) is 11.2 Å². The van der Waals surface area contributed by atoms with Crippen LogP contribution in [0.3, 0.4) is 0 Å². The maximum atomic E-state index is 6.44. The SMILES string of the molecule is c1cc(-c2ccc(-c3nc(-c4ccc5c(c4)oc4ccccc45)nc4ccccc34)cc2)c2c(c1)ccc1c3ccccc3oc12. The lowest BCUT2D eigenvalue weighted by atomic mass is 9.95. The number of nitrogens with zero attached hydrogens (tertiary/aromatic N) is 2. The highest BCUT2D eigenvalue weighted by atomic mass is 16.3. The minimum Gasteiger partial charge on any atom is -0.456 e. The number of fused-ring (bicyclic) bond motifs is 9. The zero-order valence-electron chi connectivity index (χ0n) is 24.6. The lowest BCUT2D eigenvalue weighted by Gasteiger charge is -2.11. The van der Waals surface area contributed by atoms with Crippen molar-refractivity contribution in [2.45, 2.75) is 0 Å². The minimum atomic E-state index is 0.668. The normalized spacial score (nSPS) is 11.9. The summed E-state index contributed by atoms with van der Waals surface area (Å²) in [7, 11) is 0. The first kappa shape index (κ1) is 25.1. The Kier molecular flexibility index (Phi) is 5.25. The Labute approximate surface area is 263 Å². The van der Waals surface area contributed by atoms with Gasteiger partial charge in [-0.3, -0.25) is 0 Å². The Hall–Kier alpha value is -6.26. The maximum Gasteiger partial charge on any atom is 0.160 e. The molecule has 0 fully saturated rings.